The number of hydrogen-bond donors (Lipinski definition) is 1. The lowest BCUT2D eigenvalue weighted by atomic mass is 10.0. The zero-order chi connectivity index (χ0) is 15.1. The minimum Gasteiger partial charge on any atom is -0.496 e. The SMILES string of the molecule is CCC(C)N(CC(=O)O)C(C)Cc1ccccc1OC. The molecule has 0 bridgehead atoms. The molecule has 112 valence electrons. The van der Waals surface area contributed by atoms with E-state index in [0.717, 1.165) is 24.2 Å². The van der Waals surface area contributed by atoms with Crippen molar-refractivity contribution in [1.82, 2.24) is 4.90 Å². The van der Waals surface area contributed by atoms with Gasteiger partial charge in [-0.15, -0.1) is 0 Å². The third-order valence-corrected chi connectivity index (χ3v) is 3.75. The maximum atomic E-state index is 11.0. The molecule has 4 nitrogen and oxygen atoms in total. The van der Waals surface area contributed by atoms with Crippen LogP contribution in [0.5, 0.6) is 5.75 Å². The van der Waals surface area contributed by atoms with Crippen molar-refractivity contribution < 1.29 is 14.6 Å². The molecule has 0 amide bonds. The molecule has 0 aliphatic rings. The maximum absolute atomic E-state index is 11.0. The second-order valence-corrected chi connectivity index (χ2v) is 5.19. The lowest BCUT2D eigenvalue weighted by Gasteiger charge is -2.33. The van der Waals surface area contributed by atoms with Gasteiger partial charge in [-0.25, -0.2) is 0 Å². The van der Waals surface area contributed by atoms with Gasteiger partial charge in [0.15, 0.2) is 0 Å². The average molecular weight is 279 g/mol. The maximum Gasteiger partial charge on any atom is 0.317 e. The Morgan fingerprint density at radius 2 is 1.95 bits per heavy atom. The van der Waals surface area contributed by atoms with Crippen LogP contribution >= 0.6 is 0 Å². The molecular formula is C16H25NO3. The molecule has 1 rings (SSSR count). The van der Waals surface area contributed by atoms with E-state index in [1.807, 2.05) is 29.2 Å². The number of methoxy groups -OCH3 is 1. The summed E-state index contributed by atoms with van der Waals surface area (Å²) in [6.45, 7) is 6.30. The predicted molar refractivity (Wildman–Crippen MR) is 80.3 cm³/mol. The fraction of sp³-hybridized carbons (Fsp3) is 0.562. The minimum atomic E-state index is -0.780. The van der Waals surface area contributed by atoms with Crippen LogP contribution in [0.15, 0.2) is 24.3 Å². The summed E-state index contributed by atoms with van der Waals surface area (Å²) < 4.78 is 5.36. The van der Waals surface area contributed by atoms with Gasteiger partial charge in [0.25, 0.3) is 0 Å². The van der Waals surface area contributed by atoms with Crippen molar-refractivity contribution in [3.05, 3.63) is 29.8 Å². The smallest absolute Gasteiger partial charge is 0.317 e. The van der Waals surface area contributed by atoms with Crippen LogP contribution in [-0.4, -0.2) is 41.7 Å². The number of carboxylic acids is 1. The van der Waals surface area contributed by atoms with Crippen LogP contribution in [0.3, 0.4) is 0 Å². The van der Waals surface area contributed by atoms with Crippen molar-refractivity contribution >= 4 is 5.97 Å². The van der Waals surface area contributed by atoms with Gasteiger partial charge in [0.2, 0.25) is 0 Å². The highest BCUT2D eigenvalue weighted by atomic mass is 16.5. The van der Waals surface area contributed by atoms with Crippen molar-refractivity contribution in [3.63, 3.8) is 0 Å². The molecule has 1 N–H and O–H groups in total. The molecule has 0 radical (unpaired) electrons. The summed E-state index contributed by atoms with van der Waals surface area (Å²) >= 11 is 0. The number of rotatable bonds is 8. The molecule has 20 heavy (non-hydrogen) atoms. The largest absolute Gasteiger partial charge is 0.496 e. The van der Waals surface area contributed by atoms with Gasteiger partial charge in [0.05, 0.1) is 13.7 Å². The van der Waals surface area contributed by atoms with Gasteiger partial charge in [-0.3, -0.25) is 9.69 Å². The Kier molecular flexibility index (Phi) is 6.52. The number of carboxylic acid groups (broad SMARTS) is 1. The number of benzene rings is 1. The van der Waals surface area contributed by atoms with Crippen LogP contribution in [0.1, 0.15) is 32.8 Å². The van der Waals surface area contributed by atoms with E-state index in [0.29, 0.717) is 0 Å². The van der Waals surface area contributed by atoms with E-state index in [9.17, 15) is 4.79 Å². The molecule has 0 aromatic heterocycles. The van der Waals surface area contributed by atoms with E-state index in [2.05, 4.69) is 20.8 Å². The van der Waals surface area contributed by atoms with E-state index in [4.69, 9.17) is 9.84 Å². The standard InChI is InChI=1S/C16H25NO3/c1-5-12(2)17(11-16(18)19)13(3)10-14-8-6-7-9-15(14)20-4/h6-9,12-13H,5,10-11H2,1-4H3,(H,18,19). The molecule has 1 aromatic rings. The average Bonchev–Trinajstić information content (AvgIpc) is 2.44. The van der Waals surface area contributed by atoms with Crippen molar-refractivity contribution in [2.45, 2.75) is 45.7 Å². The molecule has 0 aliphatic carbocycles. The van der Waals surface area contributed by atoms with Gasteiger partial charge in [0.1, 0.15) is 5.75 Å². The van der Waals surface area contributed by atoms with E-state index in [1.165, 1.54) is 0 Å². The molecule has 0 heterocycles. The third kappa shape index (κ3) is 4.53. The fourth-order valence-electron chi connectivity index (χ4n) is 2.44. The number of carbonyl (C=O) groups is 1. The second kappa shape index (κ2) is 7.90. The Hall–Kier alpha value is -1.55. The van der Waals surface area contributed by atoms with E-state index in [1.54, 1.807) is 7.11 Å². The third-order valence-electron chi connectivity index (χ3n) is 3.75. The van der Waals surface area contributed by atoms with Gasteiger partial charge in [-0.1, -0.05) is 25.1 Å². The van der Waals surface area contributed by atoms with Crippen LogP contribution < -0.4 is 4.74 Å². The Morgan fingerprint density at radius 3 is 2.50 bits per heavy atom. The molecular weight excluding hydrogens is 254 g/mol. The molecule has 0 saturated heterocycles. The Balaban J connectivity index is 2.84. The molecule has 2 unspecified atom stereocenters. The summed E-state index contributed by atoms with van der Waals surface area (Å²) in [4.78, 5) is 13.1. The van der Waals surface area contributed by atoms with Gasteiger partial charge in [-0.2, -0.15) is 0 Å². The first kappa shape index (κ1) is 16.5. The van der Waals surface area contributed by atoms with Crippen LogP contribution in [-0.2, 0) is 11.2 Å². The van der Waals surface area contributed by atoms with Crippen molar-refractivity contribution in [2.24, 2.45) is 0 Å². The summed E-state index contributed by atoms with van der Waals surface area (Å²) in [6, 6.07) is 8.29. The normalized spacial score (nSPS) is 14.1. The summed E-state index contributed by atoms with van der Waals surface area (Å²) in [5.41, 5.74) is 1.11. The number of aliphatic carboxylic acids is 1. The quantitative estimate of drug-likeness (QED) is 0.795. The van der Waals surface area contributed by atoms with Crippen LogP contribution in [0.2, 0.25) is 0 Å². The summed E-state index contributed by atoms with van der Waals surface area (Å²) in [5.74, 6) is 0.0796. The lowest BCUT2D eigenvalue weighted by Crippen LogP contribution is -2.44. The van der Waals surface area contributed by atoms with Crippen molar-refractivity contribution in [1.29, 1.82) is 0 Å². The number of para-hydroxylation sites is 1. The Morgan fingerprint density at radius 1 is 1.30 bits per heavy atom. The molecule has 0 aliphatic heterocycles. The highest BCUT2D eigenvalue weighted by Crippen LogP contribution is 2.21. The number of nitrogens with zero attached hydrogens (tertiary/aromatic N) is 1. The highest BCUT2D eigenvalue weighted by molar-refractivity contribution is 5.69. The van der Waals surface area contributed by atoms with Gasteiger partial charge in [-0.05, 0) is 38.3 Å². The van der Waals surface area contributed by atoms with Crippen molar-refractivity contribution in [3.8, 4) is 5.75 Å². The highest BCUT2D eigenvalue weighted by Gasteiger charge is 2.22. The first-order chi connectivity index (χ1) is 9.49. The van der Waals surface area contributed by atoms with Crippen LogP contribution in [0, 0.1) is 0 Å². The minimum absolute atomic E-state index is 0.0747. The first-order valence-electron chi connectivity index (χ1n) is 7.09. The molecule has 0 spiro atoms. The van der Waals surface area contributed by atoms with Crippen LogP contribution in [0.25, 0.3) is 0 Å². The number of ether oxygens (including phenoxy) is 1. The monoisotopic (exact) mass is 279 g/mol. The Labute approximate surface area is 121 Å². The lowest BCUT2D eigenvalue weighted by molar-refractivity contribution is -0.139. The topological polar surface area (TPSA) is 49.8 Å². The van der Waals surface area contributed by atoms with Gasteiger partial charge >= 0.3 is 5.97 Å². The number of hydrogen-bond acceptors (Lipinski definition) is 3. The first-order valence-corrected chi connectivity index (χ1v) is 7.09. The molecule has 4 heteroatoms. The fourth-order valence-corrected chi connectivity index (χ4v) is 2.44. The Bertz CT molecular complexity index is 433. The van der Waals surface area contributed by atoms with E-state index in [-0.39, 0.29) is 18.6 Å². The second-order valence-electron chi connectivity index (χ2n) is 5.19. The van der Waals surface area contributed by atoms with Crippen LogP contribution in [0.4, 0.5) is 0 Å². The van der Waals surface area contributed by atoms with E-state index >= 15 is 0 Å². The molecule has 1 aromatic carbocycles. The van der Waals surface area contributed by atoms with Gasteiger partial charge in [0, 0.05) is 12.1 Å². The zero-order valence-corrected chi connectivity index (χ0v) is 12.8. The molecule has 0 saturated carbocycles. The molecule has 2 atom stereocenters. The zero-order valence-electron chi connectivity index (χ0n) is 12.8. The molecule has 0 fully saturated rings. The van der Waals surface area contributed by atoms with Crippen molar-refractivity contribution in [2.75, 3.05) is 13.7 Å². The van der Waals surface area contributed by atoms with Gasteiger partial charge < -0.3 is 9.84 Å². The summed E-state index contributed by atoms with van der Waals surface area (Å²) in [6.07, 6.45) is 1.71. The summed E-state index contributed by atoms with van der Waals surface area (Å²) in [5, 5.41) is 9.08. The van der Waals surface area contributed by atoms with E-state index < -0.39 is 5.97 Å². The predicted octanol–water partition coefficient (Wildman–Crippen LogP) is 2.81. The summed E-state index contributed by atoms with van der Waals surface area (Å²) in [7, 11) is 1.66.